The van der Waals surface area contributed by atoms with E-state index < -0.39 is 27.8 Å². The number of sulfonamides is 1. The number of amides is 2. The van der Waals surface area contributed by atoms with Gasteiger partial charge in [-0.05, 0) is 30.7 Å². The van der Waals surface area contributed by atoms with Crippen LogP contribution in [0.1, 0.15) is 43.0 Å². The van der Waals surface area contributed by atoms with Crippen LogP contribution in [0.2, 0.25) is 0 Å². The summed E-state index contributed by atoms with van der Waals surface area (Å²) < 4.78 is 35.4. The minimum absolute atomic E-state index is 0.0966. The first-order valence-corrected chi connectivity index (χ1v) is 9.78. The van der Waals surface area contributed by atoms with Crippen LogP contribution in [0.25, 0.3) is 0 Å². The number of nitrogens with zero attached hydrogens (tertiary/aromatic N) is 1. The second kappa shape index (κ2) is 8.91. The van der Waals surface area contributed by atoms with Crippen LogP contribution in [0, 0.1) is 0 Å². The lowest BCUT2D eigenvalue weighted by Crippen LogP contribution is -2.35. The highest BCUT2D eigenvalue weighted by Crippen LogP contribution is 2.23. The zero-order chi connectivity index (χ0) is 19.2. The standard InChI is InChI=1S/C17H21NO7S/c1-2-3-10-24-11-12-25-17(21)13-4-6-14(7-5-13)26(22,23)18-15(19)8-9-16(18)20/h4-7H,2-3,8-12H2,1H3. The Labute approximate surface area is 152 Å². The molecule has 2 rings (SSSR count). The summed E-state index contributed by atoms with van der Waals surface area (Å²) in [5.41, 5.74) is 0.164. The van der Waals surface area contributed by atoms with Gasteiger partial charge in [0.2, 0.25) is 11.8 Å². The Morgan fingerprint density at radius 2 is 1.65 bits per heavy atom. The Morgan fingerprint density at radius 3 is 2.23 bits per heavy atom. The van der Waals surface area contributed by atoms with Crippen molar-refractivity contribution >= 4 is 27.8 Å². The average molecular weight is 383 g/mol. The van der Waals surface area contributed by atoms with Crippen molar-refractivity contribution in [2.24, 2.45) is 0 Å². The molecular formula is C17H21NO7S. The first-order chi connectivity index (χ1) is 12.4. The third-order valence-corrected chi connectivity index (χ3v) is 5.49. The van der Waals surface area contributed by atoms with E-state index in [0.717, 1.165) is 12.8 Å². The minimum atomic E-state index is -4.25. The zero-order valence-electron chi connectivity index (χ0n) is 14.5. The smallest absolute Gasteiger partial charge is 0.338 e. The van der Waals surface area contributed by atoms with Crippen LogP contribution in [0.5, 0.6) is 0 Å². The Bertz CT molecular complexity index is 755. The number of hydrogen-bond donors (Lipinski definition) is 0. The maximum atomic E-state index is 12.4. The first kappa shape index (κ1) is 20.1. The van der Waals surface area contributed by atoms with E-state index >= 15 is 0 Å². The van der Waals surface area contributed by atoms with Crippen molar-refractivity contribution < 1.29 is 32.3 Å². The molecule has 26 heavy (non-hydrogen) atoms. The molecule has 0 saturated carbocycles. The number of carbonyl (C=O) groups is 3. The predicted molar refractivity (Wildman–Crippen MR) is 90.7 cm³/mol. The molecule has 142 valence electrons. The Morgan fingerprint density at radius 1 is 1.04 bits per heavy atom. The highest BCUT2D eigenvalue weighted by Gasteiger charge is 2.39. The first-order valence-electron chi connectivity index (χ1n) is 8.34. The van der Waals surface area contributed by atoms with Gasteiger partial charge < -0.3 is 9.47 Å². The van der Waals surface area contributed by atoms with Gasteiger partial charge in [-0.15, -0.1) is 0 Å². The number of imide groups is 1. The molecule has 0 N–H and O–H groups in total. The van der Waals surface area contributed by atoms with E-state index in [1.165, 1.54) is 24.3 Å². The lowest BCUT2D eigenvalue weighted by atomic mass is 10.2. The van der Waals surface area contributed by atoms with E-state index in [1.807, 2.05) is 6.92 Å². The number of unbranched alkanes of at least 4 members (excludes halogenated alkanes) is 1. The number of ether oxygens (including phenoxy) is 2. The van der Waals surface area contributed by atoms with Crippen LogP contribution in [-0.4, -0.2) is 50.3 Å². The van der Waals surface area contributed by atoms with Gasteiger partial charge in [-0.1, -0.05) is 13.3 Å². The summed E-state index contributed by atoms with van der Waals surface area (Å²) in [5.74, 6) is -2.11. The molecule has 8 nitrogen and oxygen atoms in total. The van der Waals surface area contributed by atoms with E-state index in [1.54, 1.807) is 0 Å². The van der Waals surface area contributed by atoms with Gasteiger partial charge in [0.05, 0.1) is 17.1 Å². The van der Waals surface area contributed by atoms with Crippen molar-refractivity contribution in [3.8, 4) is 0 Å². The second-order valence-electron chi connectivity index (χ2n) is 5.68. The van der Waals surface area contributed by atoms with Crippen molar-refractivity contribution in [3.05, 3.63) is 29.8 Å². The highest BCUT2D eigenvalue weighted by molar-refractivity contribution is 7.90. The molecule has 1 fully saturated rings. The van der Waals surface area contributed by atoms with E-state index in [9.17, 15) is 22.8 Å². The molecule has 0 unspecified atom stereocenters. The van der Waals surface area contributed by atoms with E-state index in [4.69, 9.17) is 9.47 Å². The Balaban J connectivity index is 1.96. The molecule has 0 atom stereocenters. The fraction of sp³-hybridized carbons (Fsp3) is 0.471. The Kier molecular flexibility index (Phi) is 6.87. The SMILES string of the molecule is CCCCOCCOC(=O)c1ccc(S(=O)(=O)N2C(=O)CCC2=O)cc1. The zero-order valence-corrected chi connectivity index (χ0v) is 15.3. The molecule has 1 aromatic rings. The van der Waals surface area contributed by atoms with Gasteiger partial charge in [0, 0.05) is 19.4 Å². The van der Waals surface area contributed by atoms with Gasteiger partial charge in [-0.2, -0.15) is 4.31 Å². The van der Waals surface area contributed by atoms with Crippen molar-refractivity contribution in [2.75, 3.05) is 19.8 Å². The molecule has 1 aliphatic rings. The largest absolute Gasteiger partial charge is 0.460 e. The van der Waals surface area contributed by atoms with E-state index in [-0.39, 0.29) is 40.8 Å². The fourth-order valence-electron chi connectivity index (χ4n) is 2.32. The third-order valence-electron chi connectivity index (χ3n) is 3.74. The molecule has 0 aliphatic carbocycles. The van der Waals surface area contributed by atoms with Crippen molar-refractivity contribution in [3.63, 3.8) is 0 Å². The lowest BCUT2D eigenvalue weighted by molar-refractivity contribution is -0.132. The van der Waals surface area contributed by atoms with Crippen LogP contribution in [-0.2, 0) is 29.1 Å². The monoisotopic (exact) mass is 383 g/mol. The summed E-state index contributed by atoms with van der Waals surface area (Å²) in [4.78, 5) is 34.9. The van der Waals surface area contributed by atoms with Gasteiger partial charge in [0.15, 0.2) is 0 Å². The number of esters is 1. The van der Waals surface area contributed by atoms with Crippen LogP contribution in [0.15, 0.2) is 29.2 Å². The molecule has 9 heteroatoms. The molecule has 1 aliphatic heterocycles. The fourth-order valence-corrected chi connectivity index (χ4v) is 3.73. The molecule has 1 heterocycles. The molecule has 1 saturated heterocycles. The summed E-state index contributed by atoms with van der Waals surface area (Å²) in [7, 11) is -4.25. The molecule has 1 aromatic carbocycles. The van der Waals surface area contributed by atoms with Gasteiger partial charge in [0.25, 0.3) is 10.0 Å². The summed E-state index contributed by atoms with van der Waals surface area (Å²) in [6, 6.07) is 4.89. The number of benzene rings is 1. The van der Waals surface area contributed by atoms with Crippen molar-refractivity contribution in [1.29, 1.82) is 0 Å². The minimum Gasteiger partial charge on any atom is -0.460 e. The normalized spacial score (nSPS) is 14.7. The van der Waals surface area contributed by atoms with Crippen LogP contribution < -0.4 is 0 Å². The van der Waals surface area contributed by atoms with E-state index in [2.05, 4.69) is 0 Å². The average Bonchev–Trinajstić information content (AvgIpc) is 2.97. The highest BCUT2D eigenvalue weighted by atomic mass is 32.2. The Hall–Kier alpha value is -2.26. The quantitative estimate of drug-likeness (QED) is 0.361. The molecule has 2 amide bonds. The third kappa shape index (κ3) is 4.67. The molecule has 0 aromatic heterocycles. The van der Waals surface area contributed by atoms with Crippen LogP contribution in [0.4, 0.5) is 0 Å². The van der Waals surface area contributed by atoms with Gasteiger partial charge in [-0.25, -0.2) is 13.2 Å². The maximum Gasteiger partial charge on any atom is 0.338 e. The summed E-state index contributed by atoms with van der Waals surface area (Å²) >= 11 is 0. The van der Waals surface area contributed by atoms with Crippen LogP contribution >= 0.6 is 0 Å². The van der Waals surface area contributed by atoms with Crippen LogP contribution in [0.3, 0.4) is 0 Å². The van der Waals surface area contributed by atoms with E-state index in [0.29, 0.717) is 6.61 Å². The summed E-state index contributed by atoms with van der Waals surface area (Å²) in [6.45, 7) is 3.04. The van der Waals surface area contributed by atoms with Gasteiger partial charge in [-0.3, -0.25) is 9.59 Å². The summed E-state index contributed by atoms with van der Waals surface area (Å²) in [5, 5.41) is 0. The topological polar surface area (TPSA) is 107 Å². The maximum absolute atomic E-state index is 12.4. The van der Waals surface area contributed by atoms with Gasteiger partial charge in [0.1, 0.15) is 6.61 Å². The van der Waals surface area contributed by atoms with Gasteiger partial charge >= 0.3 is 5.97 Å². The lowest BCUT2D eigenvalue weighted by Gasteiger charge is -2.14. The number of rotatable bonds is 9. The predicted octanol–water partition coefficient (Wildman–Crippen LogP) is 1.50. The summed E-state index contributed by atoms with van der Waals surface area (Å²) in [6.07, 6.45) is 1.71. The number of carbonyl (C=O) groups excluding carboxylic acids is 3. The van der Waals surface area contributed by atoms with Crippen molar-refractivity contribution in [1.82, 2.24) is 4.31 Å². The van der Waals surface area contributed by atoms with Crippen molar-refractivity contribution in [2.45, 2.75) is 37.5 Å². The molecule has 0 radical (unpaired) electrons. The number of hydrogen-bond acceptors (Lipinski definition) is 7. The molecule has 0 spiro atoms. The second-order valence-corrected chi connectivity index (χ2v) is 7.47. The molecular weight excluding hydrogens is 362 g/mol. The molecule has 0 bridgehead atoms.